The van der Waals surface area contributed by atoms with Crippen molar-refractivity contribution in [2.75, 3.05) is 37.9 Å². The molecule has 1 aromatic carbocycles. The van der Waals surface area contributed by atoms with Crippen molar-refractivity contribution in [3.63, 3.8) is 0 Å². The second kappa shape index (κ2) is 10.2. The van der Waals surface area contributed by atoms with E-state index in [1.54, 1.807) is 10.9 Å². The Kier molecular flexibility index (Phi) is 7.42. The Labute approximate surface area is 174 Å². The number of thioether (sulfide) groups is 1. The third-order valence-electron chi connectivity index (χ3n) is 4.29. The number of anilines is 1. The fraction of sp³-hybridized carbons (Fsp3) is 0.400. The molecular formula is C20H26N6O2S. The van der Waals surface area contributed by atoms with Gasteiger partial charge in [-0.3, -0.25) is 4.79 Å². The first kappa shape index (κ1) is 21.1. The molecule has 0 saturated heterocycles. The number of ether oxygens (including phenoxy) is 1. The van der Waals surface area contributed by atoms with Gasteiger partial charge in [0.2, 0.25) is 0 Å². The highest BCUT2D eigenvalue weighted by Crippen LogP contribution is 2.23. The standard InChI is InChI=1S/C20H26N6O2S/c1-4-28-11-9-21-17-16-13-23-26(18(16)25-20(24-17)29-3)10-8-22-19(27)15-7-5-6-14(2)12-15/h5-7,12-13H,4,8-11H2,1-3H3,(H,22,27)(H,21,24,25). The van der Waals surface area contributed by atoms with Crippen LogP contribution in [0.25, 0.3) is 11.0 Å². The Morgan fingerprint density at radius 1 is 1.28 bits per heavy atom. The fourth-order valence-electron chi connectivity index (χ4n) is 2.87. The Hall–Kier alpha value is -2.65. The molecule has 3 rings (SSSR count). The summed E-state index contributed by atoms with van der Waals surface area (Å²) in [4.78, 5) is 21.5. The van der Waals surface area contributed by atoms with Crippen molar-refractivity contribution in [3.8, 4) is 0 Å². The number of hydrogen-bond acceptors (Lipinski definition) is 7. The van der Waals surface area contributed by atoms with Gasteiger partial charge in [-0.1, -0.05) is 29.5 Å². The van der Waals surface area contributed by atoms with E-state index >= 15 is 0 Å². The molecule has 1 amide bonds. The average molecular weight is 415 g/mol. The zero-order chi connectivity index (χ0) is 20.6. The summed E-state index contributed by atoms with van der Waals surface area (Å²) < 4.78 is 7.17. The minimum atomic E-state index is -0.0946. The number of aromatic nitrogens is 4. The number of rotatable bonds is 10. The Morgan fingerprint density at radius 3 is 2.90 bits per heavy atom. The predicted octanol–water partition coefficient (Wildman–Crippen LogP) is 2.74. The summed E-state index contributed by atoms with van der Waals surface area (Å²) in [5, 5.41) is 12.2. The molecule has 3 aromatic rings. The first-order chi connectivity index (χ1) is 14.1. The SMILES string of the molecule is CCOCCNc1nc(SC)nc2c1cnn2CCNC(=O)c1cccc(C)c1. The van der Waals surface area contributed by atoms with Crippen molar-refractivity contribution in [2.45, 2.75) is 25.5 Å². The molecule has 0 aliphatic heterocycles. The van der Waals surface area contributed by atoms with E-state index in [0.29, 0.717) is 43.6 Å². The first-order valence-corrected chi connectivity index (χ1v) is 10.8. The van der Waals surface area contributed by atoms with Crippen LogP contribution >= 0.6 is 11.8 Å². The summed E-state index contributed by atoms with van der Waals surface area (Å²) in [6.45, 7) is 6.86. The molecule has 9 heteroatoms. The summed E-state index contributed by atoms with van der Waals surface area (Å²) in [6.07, 6.45) is 3.69. The van der Waals surface area contributed by atoms with Crippen molar-refractivity contribution in [3.05, 3.63) is 41.6 Å². The molecule has 0 unspecified atom stereocenters. The monoisotopic (exact) mass is 414 g/mol. The van der Waals surface area contributed by atoms with Crippen LogP contribution in [-0.4, -0.2) is 58.2 Å². The molecule has 0 fully saturated rings. The maximum absolute atomic E-state index is 12.3. The highest BCUT2D eigenvalue weighted by Gasteiger charge is 2.13. The number of carbonyl (C=O) groups is 1. The quantitative estimate of drug-likeness (QED) is 0.299. The molecule has 0 atom stereocenters. The topological polar surface area (TPSA) is 94.0 Å². The van der Waals surface area contributed by atoms with Gasteiger partial charge in [-0.15, -0.1) is 0 Å². The lowest BCUT2D eigenvalue weighted by Gasteiger charge is -2.09. The van der Waals surface area contributed by atoms with Crippen LogP contribution in [0, 0.1) is 6.92 Å². The normalized spacial score (nSPS) is 11.0. The summed E-state index contributed by atoms with van der Waals surface area (Å²) >= 11 is 1.48. The van der Waals surface area contributed by atoms with Crippen molar-refractivity contribution < 1.29 is 9.53 Å². The van der Waals surface area contributed by atoms with Crippen molar-refractivity contribution >= 4 is 34.5 Å². The van der Waals surface area contributed by atoms with Gasteiger partial charge in [0.15, 0.2) is 10.8 Å². The van der Waals surface area contributed by atoms with Crippen molar-refractivity contribution in [1.29, 1.82) is 0 Å². The van der Waals surface area contributed by atoms with Crippen LogP contribution in [0.3, 0.4) is 0 Å². The zero-order valence-electron chi connectivity index (χ0n) is 16.9. The number of nitrogens with zero attached hydrogens (tertiary/aromatic N) is 4. The lowest BCUT2D eigenvalue weighted by Crippen LogP contribution is -2.27. The van der Waals surface area contributed by atoms with E-state index in [1.165, 1.54) is 11.8 Å². The molecule has 29 heavy (non-hydrogen) atoms. The van der Waals surface area contributed by atoms with Gasteiger partial charge in [-0.2, -0.15) is 5.10 Å². The summed E-state index contributed by atoms with van der Waals surface area (Å²) in [6, 6.07) is 7.53. The number of carbonyl (C=O) groups excluding carboxylic acids is 1. The third kappa shape index (κ3) is 5.45. The highest BCUT2D eigenvalue weighted by molar-refractivity contribution is 7.98. The number of aryl methyl sites for hydroxylation is 1. The van der Waals surface area contributed by atoms with E-state index in [-0.39, 0.29) is 5.91 Å². The van der Waals surface area contributed by atoms with Gasteiger partial charge in [-0.05, 0) is 32.2 Å². The van der Waals surface area contributed by atoms with Gasteiger partial charge in [0, 0.05) is 25.3 Å². The first-order valence-electron chi connectivity index (χ1n) is 9.56. The van der Waals surface area contributed by atoms with Crippen LogP contribution < -0.4 is 10.6 Å². The van der Waals surface area contributed by atoms with Crippen molar-refractivity contribution in [1.82, 2.24) is 25.1 Å². The molecule has 0 bridgehead atoms. The minimum Gasteiger partial charge on any atom is -0.380 e. The number of fused-ring (bicyclic) bond motifs is 1. The largest absolute Gasteiger partial charge is 0.380 e. The molecule has 0 spiro atoms. The van der Waals surface area contributed by atoms with Gasteiger partial charge < -0.3 is 15.4 Å². The summed E-state index contributed by atoms with van der Waals surface area (Å²) in [7, 11) is 0. The molecule has 0 aliphatic carbocycles. The second-order valence-electron chi connectivity index (χ2n) is 6.41. The lowest BCUT2D eigenvalue weighted by atomic mass is 10.1. The fourth-order valence-corrected chi connectivity index (χ4v) is 3.23. The van der Waals surface area contributed by atoms with E-state index in [2.05, 4.69) is 25.7 Å². The molecule has 2 aromatic heterocycles. The summed E-state index contributed by atoms with van der Waals surface area (Å²) in [5.74, 6) is 0.650. The van der Waals surface area contributed by atoms with Gasteiger partial charge in [0.1, 0.15) is 5.82 Å². The van der Waals surface area contributed by atoms with Crippen LogP contribution in [0.15, 0.2) is 35.6 Å². The Balaban J connectivity index is 1.68. The van der Waals surface area contributed by atoms with Crippen LogP contribution in [0.2, 0.25) is 0 Å². The molecule has 2 heterocycles. The molecule has 0 aliphatic rings. The Morgan fingerprint density at radius 2 is 2.14 bits per heavy atom. The molecule has 0 radical (unpaired) electrons. The minimum absolute atomic E-state index is 0.0946. The smallest absolute Gasteiger partial charge is 0.251 e. The number of hydrogen-bond donors (Lipinski definition) is 2. The molecule has 8 nitrogen and oxygen atoms in total. The van der Waals surface area contributed by atoms with Gasteiger partial charge in [0.05, 0.1) is 24.7 Å². The van der Waals surface area contributed by atoms with Crippen LogP contribution in [0.4, 0.5) is 5.82 Å². The lowest BCUT2D eigenvalue weighted by molar-refractivity contribution is 0.0952. The Bertz CT molecular complexity index is 975. The number of amides is 1. The van der Waals surface area contributed by atoms with Gasteiger partial charge in [0.25, 0.3) is 5.91 Å². The van der Waals surface area contributed by atoms with Crippen LogP contribution in [-0.2, 0) is 11.3 Å². The molecule has 0 saturated carbocycles. The maximum Gasteiger partial charge on any atom is 0.251 e. The van der Waals surface area contributed by atoms with Crippen LogP contribution in [0.1, 0.15) is 22.8 Å². The number of nitrogens with one attached hydrogen (secondary N) is 2. The van der Waals surface area contributed by atoms with E-state index in [9.17, 15) is 4.79 Å². The van der Waals surface area contributed by atoms with E-state index in [1.807, 2.05) is 44.4 Å². The van der Waals surface area contributed by atoms with E-state index in [0.717, 1.165) is 22.4 Å². The zero-order valence-corrected chi connectivity index (χ0v) is 17.8. The van der Waals surface area contributed by atoms with Crippen molar-refractivity contribution in [2.24, 2.45) is 0 Å². The molecule has 154 valence electrons. The average Bonchev–Trinajstić information content (AvgIpc) is 3.14. The highest BCUT2D eigenvalue weighted by atomic mass is 32.2. The van der Waals surface area contributed by atoms with E-state index in [4.69, 9.17) is 4.74 Å². The third-order valence-corrected chi connectivity index (χ3v) is 4.84. The van der Waals surface area contributed by atoms with E-state index < -0.39 is 0 Å². The maximum atomic E-state index is 12.3. The number of benzene rings is 1. The molecule has 2 N–H and O–H groups in total. The summed E-state index contributed by atoms with van der Waals surface area (Å²) in [5.41, 5.74) is 2.46. The molecular weight excluding hydrogens is 388 g/mol. The van der Waals surface area contributed by atoms with Gasteiger partial charge in [-0.25, -0.2) is 14.6 Å². The second-order valence-corrected chi connectivity index (χ2v) is 7.19. The van der Waals surface area contributed by atoms with Crippen LogP contribution in [0.5, 0.6) is 0 Å². The van der Waals surface area contributed by atoms with Gasteiger partial charge >= 0.3 is 0 Å². The predicted molar refractivity (Wildman–Crippen MR) is 116 cm³/mol.